The van der Waals surface area contributed by atoms with Gasteiger partial charge in [-0.25, -0.2) is 0 Å². The molecule has 1 aliphatic heterocycles. The molecule has 1 aliphatic rings. The number of imide groups is 1. The summed E-state index contributed by atoms with van der Waals surface area (Å²) in [6, 6.07) is 26.4. The van der Waals surface area contributed by atoms with E-state index < -0.39 is 16.1 Å². The van der Waals surface area contributed by atoms with Crippen LogP contribution in [0.3, 0.4) is 0 Å². The fourth-order valence-corrected chi connectivity index (χ4v) is 5.00. The molecule has 0 saturated carbocycles. The van der Waals surface area contributed by atoms with E-state index in [1.54, 1.807) is 48.5 Å². The Balaban J connectivity index is 1.48. The van der Waals surface area contributed by atoms with Crippen LogP contribution in [0.2, 0.25) is 0 Å². The van der Waals surface area contributed by atoms with Crippen molar-refractivity contribution in [1.82, 2.24) is 4.90 Å². The highest BCUT2D eigenvalue weighted by atomic mass is 32.2. The summed E-state index contributed by atoms with van der Waals surface area (Å²) < 4.78 is 6.07. The number of carbonyl (C=O) groups excluding carboxylic acids is 2. The Hall–Kier alpha value is -4.94. The van der Waals surface area contributed by atoms with E-state index in [4.69, 9.17) is 4.74 Å². The van der Waals surface area contributed by atoms with Crippen molar-refractivity contribution in [2.45, 2.75) is 13.2 Å². The van der Waals surface area contributed by atoms with Crippen LogP contribution in [0.5, 0.6) is 5.75 Å². The molecule has 0 aromatic heterocycles. The molecule has 1 heterocycles. The van der Waals surface area contributed by atoms with Crippen LogP contribution >= 0.6 is 11.8 Å². The van der Waals surface area contributed by atoms with Crippen molar-refractivity contribution in [3.05, 3.63) is 122 Å². The van der Waals surface area contributed by atoms with Gasteiger partial charge in [0.2, 0.25) is 0 Å². The number of fused-ring (bicyclic) bond motifs is 1. The number of thioether (sulfide) groups is 1. The molecule has 0 N–H and O–H groups in total. The molecular formula is C29H19N3O5S. The largest absolute Gasteiger partial charge is 0.488 e. The zero-order valence-corrected chi connectivity index (χ0v) is 20.7. The predicted octanol–water partition coefficient (Wildman–Crippen LogP) is 6.44. The number of hydrogen-bond acceptors (Lipinski definition) is 7. The fourth-order valence-electron chi connectivity index (χ4n) is 4.18. The second kappa shape index (κ2) is 10.6. The van der Waals surface area contributed by atoms with Gasteiger partial charge in [0.05, 0.1) is 28.0 Å². The maximum Gasteiger partial charge on any atom is 0.293 e. The molecule has 1 fully saturated rings. The molecule has 0 spiro atoms. The topological polar surface area (TPSA) is 114 Å². The lowest BCUT2D eigenvalue weighted by Gasteiger charge is -2.14. The maximum absolute atomic E-state index is 13.3. The number of benzene rings is 4. The SMILES string of the molecule is N#Cc1ccccc1CN1C(=O)S/C(=C/c2c(OCc3cccc([N+](=O)[O-])c3)ccc3ccccc23)C1=O. The van der Waals surface area contributed by atoms with Crippen molar-refractivity contribution >= 4 is 45.4 Å². The molecule has 8 nitrogen and oxygen atoms in total. The van der Waals surface area contributed by atoms with Crippen LogP contribution in [-0.4, -0.2) is 21.0 Å². The normalized spacial score (nSPS) is 14.2. The minimum Gasteiger partial charge on any atom is -0.488 e. The van der Waals surface area contributed by atoms with Crippen molar-refractivity contribution in [1.29, 1.82) is 5.26 Å². The number of ether oxygens (including phenoxy) is 1. The van der Waals surface area contributed by atoms with Gasteiger partial charge in [-0.15, -0.1) is 0 Å². The standard InChI is InChI=1S/C29H19N3O5S/c30-16-21-8-1-2-9-22(21)17-31-28(33)27(38-29(31)34)15-25-24-11-4-3-7-20(24)12-13-26(25)37-18-19-6-5-10-23(14-19)32(35)36/h1-15H,17-18H2/b27-15+. The number of hydrogen-bond donors (Lipinski definition) is 0. The molecule has 9 heteroatoms. The van der Waals surface area contributed by atoms with Gasteiger partial charge in [-0.2, -0.15) is 5.26 Å². The van der Waals surface area contributed by atoms with E-state index in [2.05, 4.69) is 6.07 Å². The Labute approximate surface area is 221 Å². The van der Waals surface area contributed by atoms with Gasteiger partial charge in [0, 0.05) is 17.7 Å². The number of nitro benzene ring substituents is 1. The molecule has 38 heavy (non-hydrogen) atoms. The summed E-state index contributed by atoms with van der Waals surface area (Å²) in [6.45, 7) is 0.0741. The number of rotatable bonds is 7. The first-order chi connectivity index (χ1) is 18.4. The highest BCUT2D eigenvalue weighted by Crippen LogP contribution is 2.38. The Kier molecular flexibility index (Phi) is 6.89. The highest BCUT2D eigenvalue weighted by molar-refractivity contribution is 8.18. The highest BCUT2D eigenvalue weighted by Gasteiger charge is 2.35. The van der Waals surface area contributed by atoms with E-state index in [0.29, 0.717) is 28.0 Å². The molecule has 5 rings (SSSR count). The molecular weight excluding hydrogens is 502 g/mol. The van der Waals surface area contributed by atoms with Gasteiger partial charge in [0.1, 0.15) is 12.4 Å². The van der Waals surface area contributed by atoms with Crippen molar-refractivity contribution in [3.8, 4) is 11.8 Å². The number of carbonyl (C=O) groups is 2. The fraction of sp³-hybridized carbons (Fsp3) is 0.0690. The van der Waals surface area contributed by atoms with Gasteiger partial charge in [-0.1, -0.05) is 60.7 Å². The summed E-state index contributed by atoms with van der Waals surface area (Å²) in [6.07, 6.45) is 1.65. The summed E-state index contributed by atoms with van der Waals surface area (Å²) in [5.41, 5.74) is 2.20. The molecule has 0 aliphatic carbocycles. The minimum atomic E-state index is -0.462. The van der Waals surface area contributed by atoms with Crippen molar-refractivity contribution in [2.24, 2.45) is 0 Å². The smallest absolute Gasteiger partial charge is 0.293 e. The lowest BCUT2D eigenvalue weighted by molar-refractivity contribution is -0.384. The summed E-state index contributed by atoms with van der Waals surface area (Å²) >= 11 is 0.831. The number of amides is 2. The molecule has 4 aromatic carbocycles. The van der Waals surface area contributed by atoms with Gasteiger partial charge >= 0.3 is 0 Å². The number of nitrogens with zero attached hydrogens (tertiary/aromatic N) is 3. The molecule has 1 saturated heterocycles. The average molecular weight is 522 g/mol. The van der Waals surface area contributed by atoms with Crippen LogP contribution in [0, 0.1) is 21.4 Å². The zero-order valence-electron chi connectivity index (χ0n) is 19.9. The quantitative estimate of drug-likeness (QED) is 0.156. The van der Waals surface area contributed by atoms with E-state index >= 15 is 0 Å². The Morgan fingerprint density at radius 1 is 1.00 bits per heavy atom. The van der Waals surface area contributed by atoms with Gasteiger partial charge < -0.3 is 4.74 Å². The Morgan fingerprint density at radius 2 is 1.79 bits per heavy atom. The second-order valence-electron chi connectivity index (χ2n) is 8.45. The number of nitro groups is 1. The summed E-state index contributed by atoms with van der Waals surface area (Å²) in [5.74, 6) is 0.0159. The van der Waals surface area contributed by atoms with Crippen molar-refractivity contribution in [2.75, 3.05) is 0 Å². The summed E-state index contributed by atoms with van der Waals surface area (Å²) in [7, 11) is 0. The molecule has 0 atom stereocenters. The monoisotopic (exact) mass is 521 g/mol. The van der Waals surface area contributed by atoms with Crippen LogP contribution in [0.4, 0.5) is 10.5 Å². The molecule has 186 valence electrons. The van der Waals surface area contributed by atoms with E-state index in [0.717, 1.165) is 27.4 Å². The number of non-ortho nitro benzene ring substituents is 1. The zero-order chi connectivity index (χ0) is 26.6. The molecule has 0 unspecified atom stereocenters. The van der Waals surface area contributed by atoms with E-state index in [1.165, 1.54) is 12.1 Å². The Bertz CT molecular complexity index is 1670. The van der Waals surface area contributed by atoms with Crippen LogP contribution in [0.25, 0.3) is 16.8 Å². The van der Waals surface area contributed by atoms with E-state index in [-0.39, 0.29) is 23.7 Å². The molecule has 0 bridgehead atoms. The first-order valence-electron chi connectivity index (χ1n) is 11.6. The third kappa shape index (κ3) is 4.98. The molecule has 4 aromatic rings. The van der Waals surface area contributed by atoms with Crippen molar-refractivity contribution < 1.29 is 19.2 Å². The van der Waals surface area contributed by atoms with Gasteiger partial charge in [0.15, 0.2) is 0 Å². The summed E-state index contributed by atoms with van der Waals surface area (Å²) in [4.78, 5) is 38.1. The number of nitriles is 1. The van der Waals surface area contributed by atoms with Crippen LogP contribution in [-0.2, 0) is 17.9 Å². The Morgan fingerprint density at radius 3 is 2.61 bits per heavy atom. The van der Waals surface area contributed by atoms with Crippen LogP contribution < -0.4 is 4.74 Å². The molecule has 0 radical (unpaired) electrons. The van der Waals surface area contributed by atoms with Gasteiger partial charge in [-0.05, 0) is 51.9 Å². The first kappa shape index (κ1) is 24.7. The first-order valence-corrected chi connectivity index (χ1v) is 12.4. The lowest BCUT2D eigenvalue weighted by atomic mass is 10.0. The molecule has 2 amide bonds. The third-order valence-electron chi connectivity index (χ3n) is 6.06. The average Bonchev–Trinajstić information content (AvgIpc) is 3.20. The third-order valence-corrected chi connectivity index (χ3v) is 6.97. The van der Waals surface area contributed by atoms with Crippen LogP contribution in [0.15, 0.2) is 89.8 Å². The van der Waals surface area contributed by atoms with Gasteiger partial charge in [-0.3, -0.25) is 24.6 Å². The summed E-state index contributed by atoms with van der Waals surface area (Å²) in [5, 5.41) is 21.8. The van der Waals surface area contributed by atoms with E-state index in [9.17, 15) is 25.0 Å². The minimum absolute atomic E-state index is 0.00256. The lowest BCUT2D eigenvalue weighted by Crippen LogP contribution is -2.27. The maximum atomic E-state index is 13.3. The second-order valence-corrected chi connectivity index (χ2v) is 9.44. The van der Waals surface area contributed by atoms with Crippen molar-refractivity contribution in [3.63, 3.8) is 0 Å². The van der Waals surface area contributed by atoms with Gasteiger partial charge in [0.25, 0.3) is 16.8 Å². The van der Waals surface area contributed by atoms with E-state index in [1.807, 2.05) is 30.3 Å². The van der Waals surface area contributed by atoms with Crippen LogP contribution in [0.1, 0.15) is 22.3 Å². The predicted molar refractivity (Wildman–Crippen MR) is 144 cm³/mol.